The van der Waals surface area contributed by atoms with E-state index in [2.05, 4.69) is 42.8 Å². The SMILES string of the molecule is [C-]#[O+].[C-]#[O+].[C-]#[O+].[CH2][CH][CH][CH]c1ccc(Br)cc1.[Fe]. The standard InChI is InChI=1S/C10H9Br.3CO.Fe/c1-2-3-4-9-5-7-10(11)8-6-9;3*1-2;/h2-8H,1H2;;;;. The second-order valence-electron chi connectivity index (χ2n) is 2.15. The molecule has 0 heterocycles. The van der Waals surface area contributed by atoms with Crippen molar-refractivity contribution in [1.82, 2.24) is 0 Å². The minimum Gasteiger partial charge on any atom is -0.0576 e. The van der Waals surface area contributed by atoms with Crippen LogP contribution in [0.5, 0.6) is 0 Å². The van der Waals surface area contributed by atoms with Gasteiger partial charge in [0, 0.05) is 21.5 Å². The van der Waals surface area contributed by atoms with Crippen molar-refractivity contribution in [3.8, 4) is 0 Å². The molecule has 0 atom stereocenters. The molecule has 0 aliphatic rings. The third-order valence-corrected chi connectivity index (χ3v) is 1.82. The molecular formula is C13H9BrFeO3. The number of unbranched alkanes of at least 4 members (excludes halogenated alkanes) is 1. The van der Waals surface area contributed by atoms with E-state index in [-0.39, 0.29) is 17.1 Å². The molecule has 0 unspecified atom stereocenters. The predicted octanol–water partition coefficient (Wildman–Crippen LogP) is 3.13. The molecule has 1 rings (SSSR count). The maximum Gasteiger partial charge on any atom is 0.0175 e. The molecule has 0 saturated carbocycles. The number of hydrogen-bond acceptors (Lipinski definition) is 0. The monoisotopic (exact) mass is 348 g/mol. The first-order valence-corrected chi connectivity index (χ1v) is 4.78. The zero-order valence-electron chi connectivity index (χ0n) is 9.20. The molecule has 0 N–H and O–H groups in total. The average molecular weight is 349 g/mol. The van der Waals surface area contributed by atoms with E-state index in [9.17, 15) is 0 Å². The summed E-state index contributed by atoms with van der Waals surface area (Å²) in [6.45, 7) is 17.1. The van der Waals surface area contributed by atoms with Gasteiger partial charge in [-0.2, -0.15) is 0 Å². The number of hydrogen-bond donors (Lipinski definition) is 0. The van der Waals surface area contributed by atoms with Crippen molar-refractivity contribution in [2.45, 2.75) is 0 Å². The molecule has 1 aromatic carbocycles. The topological polar surface area (TPSA) is 59.7 Å². The Bertz CT molecular complexity index is 303. The molecule has 4 radical (unpaired) electrons. The molecule has 0 fully saturated rings. The summed E-state index contributed by atoms with van der Waals surface area (Å²) in [6, 6.07) is 8.12. The van der Waals surface area contributed by atoms with Gasteiger partial charge in [-0.15, -0.1) is 0 Å². The van der Waals surface area contributed by atoms with Crippen molar-refractivity contribution >= 4 is 15.9 Å². The van der Waals surface area contributed by atoms with Crippen LogP contribution in [0.2, 0.25) is 0 Å². The summed E-state index contributed by atoms with van der Waals surface area (Å²) >= 11 is 3.37. The largest absolute Gasteiger partial charge is 0.0576 e. The van der Waals surface area contributed by atoms with Gasteiger partial charge < -0.3 is 0 Å². The van der Waals surface area contributed by atoms with Gasteiger partial charge in [0.2, 0.25) is 0 Å². The Morgan fingerprint density at radius 2 is 1.33 bits per heavy atom. The summed E-state index contributed by atoms with van der Waals surface area (Å²) in [4.78, 5) is 0. The molecule has 0 aliphatic carbocycles. The molecule has 5 heteroatoms. The summed E-state index contributed by atoms with van der Waals surface area (Å²) in [7, 11) is 0. The summed E-state index contributed by atoms with van der Waals surface area (Å²) in [6.07, 6.45) is 5.70. The Balaban J connectivity index is -0.000000123. The van der Waals surface area contributed by atoms with Crippen LogP contribution in [0, 0.1) is 46.1 Å². The summed E-state index contributed by atoms with van der Waals surface area (Å²) in [5.41, 5.74) is 1.19. The van der Waals surface area contributed by atoms with E-state index in [0.717, 1.165) is 4.47 Å². The van der Waals surface area contributed by atoms with Crippen LogP contribution < -0.4 is 0 Å². The number of halogens is 1. The van der Waals surface area contributed by atoms with Crippen molar-refractivity contribution < 1.29 is 31.0 Å². The third-order valence-electron chi connectivity index (χ3n) is 1.29. The quantitative estimate of drug-likeness (QED) is 0.458. The molecule has 0 saturated heterocycles. The van der Waals surface area contributed by atoms with Gasteiger partial charge in [0.15, 0.2) is 0 Å². The first-order chi connectivity index (χ1) is 8.33. The fraction of sp³-hybridized carbons (Fsp3) is 0. The van der Waals surface area contributed by atoms with Gasteiger partial charge in [-0.25, -0.2) is 0 Å². The maximum absolute atomic E-state index is 7.50. The summed E-state index contributed by atoms with van der Waals surface area (Å²) in [5, 5.41) is 0. The zero-order chi connectivity index (χ0) is 14.1. The second kappa shape index (κ2) is 25.3. The van der Waals surface area contributed by atoms with Gasteiger partial charge in [-0.3, -0.25) is 0 Å². The minimum absolute atomic E-state index is 0. The molecule has 0 aliphatic heterocycles. The smallest absolute Gasteiger partial charge is 0.0175 e. The van der Waals surface area contributed by atoms with Crippen LogP contribution >= 0.6 is 15.9 Å². The number of rotatable bonds is 3. The third kappa shape index (κ3) is 17.8. The molecule has 0 amide bonds. The van der Waals surface area contributed by atoms with Crippen molar-refractivity contribution in [2.24, 2.45) is 0 Å². The van der Waals surface area contributed by atoms with Gasteiger partial charge in [0.1, 0.15) is 0 Å². The molecule has 0 bridgehead atoms. The van der Waals surface area contributed by atoms with Crippen molar-refractivity contribution in [3.63, 3.8) is 0 Å². The van der Waals surface area contributed by atoms with E-state index >= 15 is 0 Å². The molecule has 0 spiro atoms. The molecule has 3 nitrogen and oxygen atoms in total. The Morgan fingerprint density at radius 3 is 1.67 bits per heavy atom. The number of benzene rings is 1. The van der Waals surface area contributed by atoms with Crippen LogP contribution in [0.1, 0.15) is 5.56 Å². The van der Waals surface area contributed by atoms with E-state index in [1.165, 1.54) is 5.56 Å². The molecule has 18 heavy (non-hydrogen) atoms. The van der Waals surface area contributed by atoms with E-state index < -0.39 is 0 Å². The Hall–Kier alpha value is -0.561. The summed E-state index contributed by atoms with van der Waals surface area (Å²) < 4.78 is 23.6. The molecule has 1 aromatic rings. The molecular weight excluding hydrogens is 340 g/mol. The Kier molecular flexibility index (Phi) is 36.7. The average Bonchev–Trinajstić information content (AvgIpc) is 2.45. The first-order valence-electron chi connectivity index (χ1n) is 3.99. The van der Waals surface area contributed by atoms with Crippen molar-refractivity contribution in [1.29, 1.82) is 0 Å². The van der Waals surface area contributed by atoms with Crippen LogP contribution in [0.25, 0.3) is 0 Å². The van der Waals surface area contributed by atoms with E-state index in [4.69, 9.17) is 14.0 Å². The Labute approximate surface area is 127 Å². The normalized spacial score (nSPS) is 6.44. The van der Waals surface area contributed by atoms with Crippen molar-refractivity contribution in [2.75, 3.05) is 0 Å². The fourth-order valence-corrected chi connectivity index (χ4v) is 1.02. The van der Waals surface area contributed by atoms with E-state index in [0.29, 0.717) is 0 Å². The zero-order valence-corrected chi connectivity index (χ0v) is 11.9. The first kappa shape index (κ1) is 26.1. The van der Waals surface area contributed by atoms with Crippen LogP contribution in [-0.2, 0) is 31.0 Å². The van der Waals surface area contributed by atoms with Gasteiger partial charge in [0.25, 0.3) is 0 Å². The van der Waals surface area contributed by atoms with Crippen LogP contribution in [-0.4, -0.2) is 0 Å². The fourth-order valence-electron chi connectivity index (χ4n) is 0.753. The van der Waals surface area contributed by atoms with E-state index in [1.807, 2.05) is 37.1 Å². The van der Waals surface area contributed by atoms with Crippen LogP contribution in [0.3, 0.4) is 0 Å². The Morgan fingerprint density at radius 1 is 0.944 bits per heavy atom. The van der Waals surface area contributed by atoms with Gasteiger partial charge in [-0.1, -0.05) is 28.1 Å². The van der Waals surface area contributed by atoms with Crippen LogP contribution in [0.4, 0.5) is 0 Å². The predicted molar refractivity (Wildman–Crippen MR) is 63.3 cm³/mol. The van der Waals surface area contributed by atoms with Crippen LogP contribution in [0.15, 0.2) is 28.7 Å². The van der Waals surface area contributed by atoms with Gasteiger partial charge in [0.05, 0.1) is 0 Å². The second-order valence-corrected chi connectivity index (χ2v) is 3.06. The van der Waals surface area contributed by atoms with E-state index in [1.54, 1.807) is 6.42 Å². The van der Waals surface area contributed by atoms with Crippen molar-refractivity contribution in [3.05, 3.63) is 80.4 Å². The maximum atomic E-state index is 7.50. The minimum atomic E-state index is 0. The summed E-state index contributed by atoms with van der Waals surface area (Å²) in [5.74, 6) is 0. The van der Waals surface area contributed by atoms with Gasteiger partial charge >= 0.3 is 33.9 Å². The molecule has 94 valence electrons. The molecule has 0 aromatic heterocycles. The van der Waals surface area contributed by atoms with Gasteiger partial charge in [-0.05, 0) is 43.9 Å².